The van der Waals surface area contributed by atoms with Crippen LogP contribution in [0, 0.1) is 0 Å². The fourth-order valence-electron chi connectivity index (χ4n) is 9.98. The van der Waals surface area contributed by atoms with E-state index in [1.54, 1.807) is 0 Å². The zero-order valence-electron chi connectivity index (χ0n) is 42.0. The number of ether oxygens (including phenoxy) is 4. The van der Waals surface area contributed by atoms with Crippen LogP contribution in [-0.4, -0.2) is 178 Å². The molecule has 0 aliphatic carbocycles. The molecular weight excluding hydrogens is 1160 g/mol. The normalized spacial score (nSPS) is 29.1. The first-order chi connectivity index (χ1) is 39.3. The van der Waals surface area contributed by atoms with Crippen molar-refractivity contribution in [3.63, 3.8) is 0 Å². The van der Waals surface area contributed by atoms with Crippen LogP contribution in [0.1, 0.15) is 50.6 Å². The topological polar surface area (TPSA) is 532 Å². The lowest BCUT2D eigenvalue weighted by atomic mass is 10.2. The van der Waals surface area contributed by atoms with Crippen LogP contribution in [0.2, 0.25) is 0 Å². The molecule has 0 bridgehead atoms. The Bertz CT molecular complexity index is 3800. The number of imidazole rings is 4. The largest absolute Gasteiger partial charge is 0.472 e. The molecule has 13 N–H and O–H groups in total. The maximum Gasteiger partial charge on any atom is 0.472 e. The van der Waals surface area contributed by atoms with Gasteiger partial charge in [-0.3, -0.25) is 50.7 Å². The van der Waals surface area contributed by atoms with Crippen LogP contribution in [-0.2, 0) is 64.7 Å². The lowest BCUT2D eigenvalue weighted by Crippen LogP contribution is -2.27. The van der Waals surface area contributed by atoms with Crippen molar-refractivity contribution >= 4 is 91.4 Å². The van der Waals surface area contributed by atoms with Crippen LogP contribution >= 0.6 is 23.5 Å². The number of hydrogen-bond donors (Lipinski definition) is 9. The van der Waals surface area contributed by atoms with E-state index in [4.69, 9.17) is 69.0 Å². The molecule has 39 nitrogen and oxygen atoms in total. The molecule has 0 radical (unpaired) electrons. The quantitative estimate of drug-likeness (QED) is 0.0263. The molecule has 0 aromatic carbocycles. The van der Waals surface area contributed by atoms with E-state index >= 15 is 0 Å². The second-order valence-electron chi connectivity index (χ2n) is 18.9. The Morgan fingerprint density at radius 3 is 1.16 bits per heavy atom. The number of rotatable bonds is 21. The highest BCUT2D eigenvalue weighted by molar-refractivity contribution is 7.48. The van der Waals surface area contributed by atoms with Gasteiger partial charge >= 0.3 is 23.5 Å². The number of aliphatic hydroxyl groups excluding tert-OH is 1. The first kappa shape index (κ1) is 56.0. The van der Waals surface area contributed by atoms with E-state index in [1.165, 1.54) is 56.2 Å². The third kappa shape index (κ3) is 11.2. The van der Waals surface area contributed by atoms with Gasteiger partial charge < -0.3 is 61.7 Å². The van der Waals surface area contributed by atoms with Gasteiger partial charge in [-0.2, -0.15) is 0 Å². The summed E-state index contributed by atoms with van der Waals surface area (Å²) in [4.78, 5) is 87.5. The number of nitrogens with two attached hydrogens (primary N) is 4. The summed E-state index contributed by atoms with van der Waals surface area (Å²) in [7, 11) is -15.3. The number of nitrogens with zero attached hydrogens (tertiary/aromatic N) is 16. The summed E-state index contributed by atoms with van der Waals surface area (Å²) in [6.45, 7) is -2.32. The Morgan fingerprint density at radius 2 is 0.793 bits per heavy atom. The Labute approximate surface area is 457 Å². The first-order valence-corrected chi connectivity index (χ1v) is 29.0. The van der Waals surface area contributed by atoms with Crippen LogP contribution in [0.15, 0.2) is 50.6 Å². The summed E-state index contributed by atoms with van der Waals surface area (Å²) in [5, 5.41) is 20.1. The molecule has 0 saturated carbocycles. The predicted molar refractivity (Wildman–Crippen MR) is 270 cm³/mol. The molecule has 12 heterocycles. The summed E-state index contributed by atoms with van der Waals surface area (Å²) in [5.74, 6) is 0.187. The Hall–Kier alpha value is -6.55. The van der Waals surface area contributed by atoms with Gasteiger partial charge in [0.1, 0.15) is 84.6 Å². The molecule has 4 saturated heterocycles. The van der Waals surface area contributed by atoms with Gasteiger partial charge in [0.15, 0.2) is 64.5 Å². The van der Waals surface area contributed by atoms with Crippen LogP contribution in [0.25, 0.3) is 44.7 Å². The molecule has 4 aliphatic rings. The predicted octanol–water partition coefficient (Wildman–Crippen LogP) is 0.182. The Morgan fingerprint density at radius 1 is 0.463 bits per heavy atom. The number of fused-ring (bicyclic) bond motifs is 4. The zero-order valence-corrected chi connectivity index (χ0v) is 44.6. The second kappa shape index (κ2) is 22.2. The van der Waals surface area contributed by atoms with Gasteiger partial charge in [0, 0.05) is 25.7 Å². The minimum atomic E-state index is -5.19. The van der Waals surface area contributed by atoms with E-state index in [1.807, 2.05) is 0 Å². The maximum absolute atomic E-state index is 14.0. The van der Waals surface area contributed by atoms with Crippen LogP contribution in [0.5, 0.6) is 0 Å². The molecule has 8 aromatic heterocycles. The molecule has 0 amide bonds. The van der Waals surface area contributed by atoms with E-state index in [0.29, 0.717) is 11.2 Å². The standard InChI is InChI=1S/C40H49N20O19P3/c41-30-26-34(49-9-45-30)57(13-53-26)25-4-20(61)24(76-25)8-72-82(67,68)79-23-3-19(75-40(23)60-16-56-29-33(44)48-12-52-37(29)60)7-71-81(65,66)78-22-2-18(74-39(22)59-15-55-28-32(43)47-11-51-36(28)59)6-70-80(63,64)77-21-1-17(5-69-62)73-38(21)58-14-54-27-31(42)46-10-50-35(27)58/h9-25,38-40,61-62H,1-8H2,(H,63,64)(H,65,66)(H,67,68)(H2,41,45,49)(H2,42,46,50)(H2,43,47,51)(H2,44,48,52). The molecule has 4 aliphatic heterocycles. The van der Waals surface area contributed by atoms with Gasteiger partial charge in [-0.25, -0.2) is 78.4 Å². The molecule has 438 valence electrons. The molecule has 0 spiro atoms. The lowest BCUT2D eigenvalue weighted by Gasteiger charge is -2.24. The number of hydrogen-bond acceptors (Lipinski definition) is 32. The average molecular weight is 1210 g/mol. The van der Waals surface area contributed by atoms with E-state index in [0.717, 1.165) is 12.7 Å². The molecule has 4 fully saturated rings. The highest BCUT2D eigenvalue weighted by Gasteiger charge is 2.49. The first-order valence-electron chi connectivity index (χ1n) is 24.6. The fourth-order valence-corrected chi connectivity index (χ4v) is 12.8. The molecule has 12 rings (SSSR count). The molecule has 15 unspecified atom stereocenters. The number of phosphoric ester groups is 3. The summed E-state index contributed by atoms with van der Waals surface area (Å²) in [6.07, 6.45) is -4.76. The molecular formula is C40H49N20O19P3. The average Bonchev–Trinajstić information content (AvgIpc) is 4.46. The van der Waals surface area contributed by atoms with Crippen LogP contribution in [0.4, 0.5) is 23.3 Å². The third-order valence-corrected chi connectivity index (χ3v) is 16.7. The molecule has 8 aromatic rings. The summed E-state index contributed by atoms with van der Waals surface area (Å²) in [6, 6.07) is 0. The van der Waals surface area contributed by atoms with Gasteiger partial charge in [-0.15, -0.1) is 0 Å². The van der Waals surface area contributed by atoms with Crippen molar-refractivity contribution in [2.75, 3.05) is 49.4 Å². The number of nitrogen functional groups attached to an aromatic ring is 4. The van der Waals surface area contributed by atoms with Gasteiger partial charge in [0.25, 0.3) is 0 Å². The highest BCUT2D eigenvalue weighted by Crippen LogP contribution is 2.54. The van der Waals surface area contributed by atoms with Gasteiger partial charge in [0.05, 0.1) is 69.5 Å². The lowest BCUT2D eigenvalue weighted by molar-refractivity contribution is -0.260. The minimum absolute atomic E-state index is 0.00236. The van der Waals surface area contributed by atoms with Gasteiger partial charge in [-0.1, -0.05) is 0 Å². The number of aliphatic hydroxyl groups is 1. The SMILES string of the molecule is Nc1ncnc2c1ncn2C1CC(O)C(COP(=O)(O)OC2CC(COP(=O)(O)OC3CC(COP(=O)(O)OC4CC(COO)OC4n4cnc5c(N)ncnc54)OC3n3cnc4c(N)ncnc43)OC2n2cnc3c(N)ncnc32)O1. The smallest absolute Gasteiger partial charge is 0.390 e. The van der Waals surface area contributed by atoms with Crippen LogP contribution in [0.3, 0.4) is 0 Å². The Kier molecular flexibility index (Phi) is 15.2. The molecule has 15 atom stereocenters. The summed E-state index contributed by atoms with van der Waals surface area (Å²) >= 11 is 0. The summed E-state index contributed by atoms with van der Waals surface area (Å²) in [5.41, 5.74) is 25.6. The van der Waals surface area contributed by atoms with Crippen molar-refractivity contribution in [2.45, 2.75) is 99.4 Å². The van der Waals surface area contributed by atoms with Crippen molar-refractivity contribution in [1.82, 2.24) is 78.1 Å². The van der Waals surface area contributed by atoms with Crippen molar-refractivity contribution in [2.24, 2.45) is 0 Å². The van der Waals surface area contributed by atoms with Crippen molar-refractivity contribution < 1.29 is 89.7 Å². The van der Waals surface area contributed by atoms with Crippen molar-refractivity contribution in [1.29, 1.82) is 0 Å². The van der Waals surface area contributed by atoms with Gasteiger partial charge in [0.2, 0.25) is 0 Å². The third-order valence-electron chi connectivity index (χ3n) is 13.6. The number of phosphoric acid groups is 3. The monoisotopic (exact) mass is 1210 g/mol. The number of anilines is 4. The van der Waals surface area contributed by atoms with E-state index in [-0.39, 0.29) is 89.1 Å². The zero-order chi connectivity index (χ0) is 57.2. The highest BCUT2D eigenvalue weighted by atomic mass is 31.2. The molecule has 42 heteroatoms. The van der Waals surface area contributed by atoms with E-state index in [2.05, 4.69) is 64.7 Å². The van der Waals surface area contributed by atoms with E-state index < -0.39 is 117 Å². The van der Waals surface area contributed by atoms with E-state index in [9.17, 15) is 38.7 Å². The summed E-state index contributed by atoms with van der Waals surface area (Å²) < 4.78 is 105. The minimum Gasteiger partial charge on any atom is -0.390 e. The van der Waals surface area contributed by atoms with Crippen molar-refractivity contribution in [3.05, 3.63) is 50.6 Å². The molecule has 82 heavy (non-hydrogen) atoms. The number of aromatic nitrogens is 16. The fraction of sp³-hybridized carbons (Fsp3) is 0.500. The van der Waals surface area contributed by atoms with Crippen LogP contribution < -0.4 is 22.9 Å². The Balaban J connectivity index is 0.722. The van der Waals surface area contributed by atoms with Gasteiger partial charge in [-0.05, 0) is 0 Å². The maximum atomic E-state index is 14.0. The second-order valence-corrected chi connectivity index (χ2v) is 23.2. The van der Waals surface area contributed by atoms with Crippen molar-refractivity contribution in [3.8, 4) is 0 Å².